The number of hydrogen-bond donors (Lipinski definition) is 2. The second-order valence-electron chi connectivity index (χ2n) is 3.91. The summed E-state index contributed by atoms with van der Waals surface area (Å²) in [5.41, 5.74) is 7.15. The van der Waals surface area contributed by atoms with Gasteiger partial charge in [-0.25, -0.2) is 4.98 Å². The minimum Gasteiger partial charge on any atom is -0.409 e. The van der Waals surface area contributed by atoms with Crippen LogP contribution in [0.5, 0.6) is 0 Å². The van der Waals surface area contributed by atoms with E-state index in [0.717, 1.165) is 23.1 Å². The van der Waals surface area contributed by atoms with Crippen LogP contribution < -0.4 is 10.6 Å². The second-order valence-corrected chi connectivity index (χ2v) is 4.64. The smallest absolute Gasteiger partial charge is 0.209 e. The van der Waals surface area contributed by atoms with Gasteiger partial charge in [0.15, 0.2) is 5.84 Å². The average molecular weight is 277 g/mol. The van der Waals surface area contributed by atoms with Crippen molar-refractivity contribution in [2.24, 2.45) is 10.9 Å². The summed E-state index contributed by atoms with van der Waals surface area (Å²) < 4.78 is 4.25. The molecule has 0 aliphatic carbocycles. The lowest BCUT2D eigenvalue weighted by Crippen LogP contribution is -2.19. The van der Waals surface area contributed by atoms with Crippen LogP contribution >= 0.6 is 11.5 Å². The van der Waals surface area contributed by atoms with Crippen LogP contribution in [0.3, 0.4) is 0 Å². The predicted molar refractivity (Wildman–Crippen MR) is 76.3 cm³/mol. The van der Waals surface area contributed by atoms with Crippen molar-refractivity contribution in [3.8, 4) is 0 Å². The zero-order valence-corrected chi connectivity index (χ0v) is 11.6. The van der Waals surface area contributed by atoms with Crippen LogP contribution in [0.15, 0.2) is 29.4 Å². The molecule has 2 rings (SSSR count). The number of para-hydroxylation sites is 1. The van der Waals surface area contributed by atoms with E-state index in [1.165, 1.54) is 11.5 Å². The van der Waals surface area contributed by atoms with E-state index in [-0.39, 0.29) is 5.84 Å². The summed E-state index contributed by atoms with van der Waals surface area (Å²) in [6.45, 7) is 2.01. The molecule has 0 fully saturated rings. The van der Waals surface area contributed by atoms with Gasteiger partial charge in [-0.3, -0.25) is 0 Å². The van der Waals surface area contributed by atoms with Gasteiger partial charge in [0.1, 0.15) is 5.82 Å². The fourth-order valence-corrected chi connectivity index (χ4v) is 2.39. The van der Waals surface area contributed by atoms with Crippen LogP contribution in [0, 0.1) is 0 Å². The molecule has 7 heteroatoms. The van der Waals surface area contributed by atoms with Crippen LogP contribution in [-0.2, 0) is 6.42 Å². The third kappa shape index (κ3) is 2.65. The summed E-state index contributed by atoms with van der Waals surface area (Å²) in [6, 6.07) is 7.41. The second kappa shape index (κ2) is 5.66. The molecule has 0 bridgehead atoms. The van der Waals surface area contributed by atoms with Crippen molar-refractivity contribution in [2.75, 3.05) is 11.9 Å². The largest absolute Gasteiger partial charge is 0.409 e. The molecule has 0 atom stereocenters. The van der Waals surface area contributed by atoms with E-state index in [0.29, 0.717) is 5.56 Å². The third-order valence-electron chi connectivity index (χ3n) is 2.71. The van der Waals surface area contributed by atoms with Gasteiger partial charge in [0.2, 0.25) is 5.13 Å². The standard InChI is InChI=1S/C12H15N5OS/c1-3-10-14-12(19-16-10)17(2)9-7-5-4-6-8(9)11(13)15-18/h4-7,18H,3H2,1-2H3,(H2,13,15). The summed E-state index contributed by atoms with van der Waals surface area (Å²) >= 11 is 1.33. The first-order valence-electron chi connectivity index (χ1n) is 5.80. The molecular formula is C12H15N5OS. The highest BCUT2D eigenvalue weighted by Gasteiger charge is 2.15. The molecule has 19 heavy (non-hydrogen) atoms. The van der Waals surface area contributed by atoms with Crippen molar-refractivity contribution in [1.29, 1.82) is 0 Å². The monoisotopic (exact) mass is 277 g/mol. The molecule has 0 amide bonds. The third-order valence-corrected chi connectivity index (χ3v) is 3.54. The Labute approximate surface area is 115 Å². The van der Waals surface area contributed by atoms with Gasteiger partial charge in [-0.2, -0.15) is 4.37 Å². The van der Waals surface area contributed by atoms with Crippen molar-refractivity contribution in [2.45, 2.75) is 13.3 Å². The maximum Gasteiger partial charge on any atom is 0.209 e. The van der Waals surface area contributed by atoms with Crippen molar-refractivity contribution < 1.29 is 5.21 Å². The van der Waals surface area contributed by atoms with E-state index < -0.39 is 0 Å². The van der Waals surface area contributed by atoms with Crippen molar-refractivity contribution >= 4 is 28.2 Å². The number of rotatable bonds is 4. The van der Waals surface area contributed by atoms with Crippen LogP contribution in [0.1, 0.15) is 18.3 Å². The topological polar surface area (TPSA) is 87.6 Å². The van der Waals surface area contributed by atoms with Crippen molar-refractivity contribution in [3.63, 3.8) is 0 Å². The van der Waals surface area contributed by atoms with Gasteiger partial charge in [0.05, 0.1) is 5.69 Å². The van der Waals surface area contributed by atoms with Gasteiger partial charge in [-0.05, 0) is 12.1 Å². The fourth-order valence-electron chi connectivity index (χ4n) is 1.66. The lowest BCUT2D eigenvalue weighted by molar-refractivity contribution is 0.318. The van der Waals surface area contributed by atoms with Crippen molar-refractivity contribution in [3.05, 3.63) is 35.7 Å². The van der Waals surface area contributed by atoms with E-state index in [9.17, 15) is 0 Å². The Morgan fingerprint density at radius 3 is 2.84 bits per heavy atom. The highest BCUT2D eigenvalue weighted by molar-refractivity contribution is 7.09. The molecule has 0 aliphatic rings. The zero-order chi connectivity index (χ0) is 13.8. The van der Waals surface area contributed by atoms with E-state index in [1.54, 1.807) is 6.07 Å². The maximum absolute atomic E-state index is 8.83. The number of nitrogens with zero attached hydrogens (tertiary/aromatic N) is 4. The van der Waals surface area contributed by atoms with E-state index in [4.69, 9.17) is 10.9 Å². The molecule has 1 heterocycles. The number of nitrogens with two attached hydrogens (primary N) is 1. The number of amidine groups is 1. The molecule has 0 saturated carbocycles. The maximum atomic E-state index is 8.83. The van der Waals surface area contributed by atoms with E-state index >= 15 is 0 Å². The number of aryl methyl sites for hydroxylation is 1. The van der Waals surface area contributed by atoms with Crippen LogP contribution in [0.4, 0.5) is 10.8 Å². The summed E-state index contributed by atoms with van der Waals surface area (Å²) in [5, 5.41) is 12.7. The number of oxime groups is 1. The Kier molecular flexibility index (Phi) is 3.96. The molecule has 1 aromatic heterocycles. The highest BCUT2D eigenvalue weighted by atomic mass is 32.1. The van der Waals surface area contributed by atoms with Crippen LogP contribution in [0.2, 0.25) is 0 Å². The number of benzene rings is 1. The van der Waals surface area contributed by atoms with E-state index in [1.807, 2.05) is 37.1 Å². The number of hydrogen-bond acceptors (Lipinski definition) is 6. The summed E-state index contributed by atoms with van der Waals surface area (Å²) in [6.07, 6.45) is 0.798. The summed E-state index contributed by atoms with van der Waals surface area (Å²) in [4.78, 5) is 6.30. The van der Waals surface area contributed by atoms with Gasteiger partial charge in [-0.15, -0.1) is 0 Å². The minimum absolute atomic E-state index is 0.0719. The molecule has 1 aromatic carbocycles. The Morgan fingerprint density at radius 1 is 1.47 bits per heavy atom. The Balaban J connectivity index is 2.41. The number of aromatic nitrogens is 2. The van der Waals surface area contributed by atoms with Gasteiger partial charge >= 0.3 is 0 Å². The lowest BCUT2D eigenvalue weighted by Gasteiger charge is -2.18. The Morgan fingerprint density at radius 2 is 2.21 bits per heavy atom. The summed E-state index contributed by atoms with van der Waals surface area (Å²) in [5.74, 6) is 0.885. The molecule has 0 saturated heterocycles. The Hall–Kier alpha value is -2.15. The van der Waals surface area contributed by atoms with Gasteiger partial charge in [0, 0.05) is 30.6 Å². The first-order valence-corrected chi connectivity index (χ1v) is 6.58. The molecule has 3 N–H and O–H groups in total. The first kappa shape index (κ1) is 13.3. The fraction of sp³-hybridized carbons (Fsp3) is 0.250. The van der Waals surface area contributed by atoms with Gasteiger partial charge in [0.25, 0.3) is 0 Å². The molecule has 2 aromatic rings. The quantitative estimate of drug-likeness (QED) is 0.386. The minimum atomic E-state index is 0.0719. The molecule has 6 nitrogen and oxygen atoms in total. The first-order chi connectivity index (χ1) is 9.17. The lowest BCUT2D eigenvalue weighted by atomic mass is 10.1. The molecule has 0 radical (unpaired) electrons. The average Bonchev–Trinajstić information content (AvgIpc) is 2.94. The highest BCUT2D eigenvalue weighted by Crippen LogP contribution is 2.28. The van der Waals surface area contributed by atoms with E-state index in [2.05, 4.69) is 14.5 Å². The zero-order valence-electron chi connectivity index (χ0n) is 10.7. The van der Waals surface area contributed by atoms with Gasteiger partial charge < -0.3 is 15.8 Å². The molecule has 100 valence electrons. The number of anilines is 2. The normalized spacial score (nSPS) is 11.6. The molecular weight excluding hydrogens is 262 g/mol. The van der Waals surface area contributed by atoms with Crippen LogP contribution in [-0.4, -0.2) is 27.4 Å². The Bertz CT molecular complexity index is 595. The molecule has 0 spiro atoms. The predicted octanol–water partition coefficient (Wildman–Crippen LogP) is 1.96. The van der Waals surface area contributed by atoms with Gasteiger partial charge in [-0.1, -0.05) is 24.2 Å². The molecule has 0 aliphatic heterocycles. The molecule has 0 unspecified atom stereocenters. The van der Waals surface area contributed by atoms with Crippen LogP contribution in [0.25, 0.3) is 0 Å². The van der Waals surface area contributed by atoms with Crippen molar-refractivity contribution in [1.82, 2.24) is 9.36 Å². The SMILES string of the molecule is CCc1nsc(N(C)c2ccccc2C(N)=NO)n1. The summed E-state index contributed by atoms with van der Waals surface area (Å²) in [7, 11) is 1.88.